The largest absolute Gasteiger partial charge is 0.294 e. The van der Waals surface area contributed by atoms with Gasteiger partial charge in [0.15, 0.2) is 5.78 Å². The number of nitrogens with zero attached hydrogens (tertiary/aromatic N) is 1. The smallest absolute Gasteiger partial charge is 0.232 e. The number of rotatable bonds is 3. The summed E-state index contributed by atoms with van der Waals surface area (Å²) >= 11 is 6.05. The summed E-state index contributed by atoms with van der Waals surface area (Å²) in [4.78, 5) is 28.3. The van der Waals surface area contributed by atoms with Gasteiger partial charge in [0, 0.05) is 40.7 Å². The highest BCUT2D eigenvalue weighted by atomic mass is 35.5. The molecule has 1 aliphatic heterocycles. The molecule has 3 nitrogen and oxygen atoms in total. The van der Waals surface area contributed by atoms with Gasteiger partial charge in [0.05, 0.1) is 0 Å². The van der Waals surface area contributed by atoms with Gasteiger partial charge in [-0.15, -0.1) is 0 Å². The molecule has 1 aliphatic carbocycles. The molecule has 0 aromatic heterocycles. The molecule has 0 N–H and O–H groups in total. The van der Waals surface area contributed by atoms with Gasteiger partial charge >= 0.3 is 0 Å². The van der Waals surface area contributed by atoms with Crippen LogP contribution in [-0.4, -0.2) is 11.7 Å². The monoisotopic (exact) mass is 407 g/mol. The molecule has 0 fully saturated rings. The van der Waals surface area contributed by atoms with E-state index >= 15 is 0 Å². The zero-order chi connectivity index (χ0) is 20.8. The van der Waals surface area contributed by atoms with Crippen LogP contribution in [0.4, 0.5) is 5.69 Å². The van der Waals surface area contributed by atoms with Gasteiger partial charge in [0.25, 0.3) is 0 Å². The highest BCUT2D eigenvalue weighted by molar-refractivity contribution is 6.30. The normalized spacial score (nSPS) is 21.4. The molecule has 2 aliphatic rings. The SMILES string of the molecule is CCc1ccc(C2CC(=O)N(c3ccc(Cl)cc3)C3=C2C(=O)CC(C)(C)C3)cc1. The lowest BCUT2D eigenvalue weighted by atomic mass is 9.69. The minimum absolute atomic E-state index is 0.0288. The Balaban J connectivity index is 1.85. The number of halogens is 1. The number of benzene rings is 2. The van der Waals surface area contributed by atoms with Crippen molar-refractivity contribution in [3.63, 3.8) is 0 Å². The van der Waals surface area contributed by atoms with Crippen LogP contribution in [0, 0.1) is 5.41 Å². The molecular formula is C25H26ClNO2. The lowest BCUT2D eigenvalue weighted by molar-refractivity contribution is -0.121. The van der Waals surface area contributed by atoms with E-state index in [1.54, 1.807) is 17.0 Å². The first kappa shape index (κ1) is 19.9. The number of hydrogen-bond acceptors (Lipinski definition) is 2. The van der Waals surface area contributed by atoms with E-state index in [0.29, 0.717) is 24.3 Å². The van der Waals surface area contributed by atoms with Gasteiger partial charge < -0.3 is 0 Å². The first-order valence-electron chi connectivity index (χ1n) is 10.2. The molecule has 150 valence electrons. The fraction of sp³-hybridized carbons (Fsp3) is 0.360. The molecular weight excluding hydrogens is 382 g/mol. The summed E-state index contributed by atoms with van der Waals surface area (Å²) in [6.07, 6.45) is 2.48. The van der Waals surface area contributed by atoms with Crippen LogP contribution in [-0.2, 0) is 16.0 Å². The number of allylic oxidation sites excluding steroid dienone is 2. The van der Waals surface area contributed by atoms with Gasteiger partial charge in [-0.05, 0) is 53.6 Å². The number of Topliss-reactive ketones (excluding diaryl/α,β-unsaturated/α-hetero) is 1. The summed E-state index contributed by atoms with van der Waals surface area (Å²) in [6.45, 7) is 6.31. The quantitative estimate of drug-likeness (QED) is 0.619. The molecule has 4 heteroatoms. The lowest BCUT2D eigenvalue weighted by Crippen LogP contribution is -2.43. The summed E-state index contributed by atoms with van der Waals surface area (Å²) in [5.74, 6) is 0.0176. The molecule has 0 spiro atoms. The summed E-state index contributed by atoms with van der Waals surface area (Å²) in [5, 5.41) is 0.626. The average molecular weight is 408 g/mol. The third kappa shape index (κ3) is 3.76. The molecule has 4 rings (SSSR count). The average Bonchev–Trinajstić information content (AvgIpc) is 2.67. The standard InChI is InChI=1S/C25H26ClNO2/c1-4-16-5-7-17(8-6-16)20-13-23(29)27(19-11-9-18(26)10-12-19)21-14-25(2,3)15-22(28)24(20)21/h5-12,20H,4,13-15H2,1-3H3. The van der Waals surface area contributed by atoms with Gasteiger partial charge in [-0.2, -0.15) is 0 Å². The molecule has 1 amide bonds. The van der Waals surface area contributed by atoms with Crippen molar-refractivity contribution < 1.29 is 9.59 Å². The Morgan fingerprint density at radius 1 is 1.00 bits per heavy atom. The van der Waals surface area contributed by atoms with Crippen LogP contribution in [0.15, 0.2) is 59.8 Å². The second-order valence-corrected chi connectivity index (χ2v) is 9.30. The molecule has 1 unspecified atom stereocenters. The second-order valence-electron chi connectivity index (χ2n) is 8.86. The zero-order valence-corrected chi connectivity index (χ0v) is 17.9. The highest BCUT2D eigenvalue weighted by Gasteiger charge is 2.44. The third-order valence-electron chi connectivity index (χ3n) is 6.02. The zero-order valence-electron chi connectivity index (χ0n) is 17.2. The first-order chi connectivity index (χ1) is 13.8. The van der Waals surface area contributed by atoms with Gasteiger partial charge in [-0.25, -0.2) is 0 Å². The molecule has 0 radical (unpaired) electrons. The number of amides is 1. The van der Waals surface area contributed by atoms with Crippen molar-refractivity contribution in [2.24, 2.45) is 5.41 Å². The third-order valence-corrected chi connectivity index (χ3v) is 6.27. The predicted molar refractivity (Wildman–Crippen MR) is 117 cm³/mol. The maximum Gasteiger partial charge on any atom is 0.232 e. The van der Waals surface area contributed by atoms with Crippen LogP contribution in [0.1, 0.15) is 57.1 Å². The van der Waals surface area contributed by atoms with Crippen molar-refractivity contribution in [2.45, 2.75) is 52.4 Å². The summed E-state index contributed by atoms with van der Waals surface area (Å²) < 4.78 is 0. The Morgan fingerprint density at radius 2 is 1.66 bits per heavy atom. The van der Waals surface area contributed by atoms with Crippen molar-refractivity contribution in [1.29, 1.82) is 0 Å². The van der Waals surface area contributed by atoms with Crippen molar-refractivity contribution >= 4 is 29.0 Å². The summed E-state index contributed by atoms with van der Waals surface area (Å²) in [6, 6.07) is 15.6. The van der Waals surface area contributed by atoms with E-state index in [4.69, 9.17) is 11.6 Å². The van der Waals surface area contributed by atoms with Crippen molar-refractivity contribution in [3.8, 4) is 0 Å². The van der Waals surface area contributed by atoms with Crippen LogP contribution in [0.3, 0.4) is 0 Å². The number of hydrogen-bond donors (Lipinski definition) is 0. The van der Waals surface area contributed by atoms with E-state index in [1.807, 2.05) is 12.1 Å². The van der Waals surface area contributed by atoms with Gasteiger partial charge in [0.2, 0.25) is 5.91 Å². The molecule has 0 bridgehead atoms. The number of carbonyl (C=O) groups excluding carboxylic acids is 2. The molecule has 0 saturated carbocycles. The molecule has 0 saturated heterocycles. The Kier molecular flexibility index (Phi) is 5.12. The van der Waals surface area contributed by atoms with E-state index in [-0.39, 0.29) is 23.0 Å². The molecule has 29 heavy (non-hydrogen) atoms. The van der Waals surface area contributed by atoms with E-state index in [0.717, 1.165) is 28.9 Å². The number of carbonyl (C=O) groups is 2. The molecule has 2 aromatic rings. The fourth-order valence-electron chi connectivity index (χ4n) is 4.58. The number of ketones is 1. The van der Waals surface area contributed by atoms with Crippen molar-refractivity contribution in [1.82, 2.24) is 0 Å². The van der Waals surface area contributed by atoms with E-state index in [9.17, 15) is 9.59 Å². The van der Waals surface area contributed by atoms with Crippen molar-refractivity contribution in [2.75, 3.05) is 4.90 Å². The van der Waals surface area contributed by atoms with Crippen LogP contribution in [0.2, 0.25) is 5.02 Å². The maximum atomic E-state index is 13.3. The predicted octanol–water partition coefficient (Wildman–Crippen LogP) is 6.07. The Hall–Kier alpha value is -2.39. The number of aryl methyl sites for hydroxylation is 1. The lowest BCUT2D eigenvalue weighted by Gasteiger charge is -2.43. The fourth-order valence-corrected chi connectivity index (χ4v) is 4.70. The minimum atomic E-state index is -0.172. The van der Waals surface area contributed by atoms with Crippen LogP contribution < -0.4 is 4.90 Å². The topological polar surface area (TPSA) is 37.4 Å². The molecule has 2 aromatic carbocycles. The van der Waals surface area contributed by atoms with Gasteiger partial charge in [-0.3, -0.25) is 14.5 Å². The van der Waals surface area contributed by atoms with E-state index in [2.05, 4.69) is 45.0 Å². The maximum absolute atomic E-state index is 13.3. The van der Waals surface area contributed by atoms with Crippen molar-refractivity contribution in [3.05, 3.63) is 76.0 Å². The van der Waals surface area contributed by atoms with Gasteiger partial charge in [-0.1, -0.05) is 56.6 Å². The van der Waals surface area contributed by atoms with E-state index in [1.165, 1.54) is 5.56 Å². The summed E-state index contributed by atoms with van der Waals surface area (Å²) in [5.41, 5.74) is 4.57. The van der Waals surface area contributed by atoms with Crippen LogP contribution in [0.5, 0.6) is 0 Å². The first-order valence-corrected chi connectivity index (χ1v) is 10.6. The highest BCUT2D eigenvalue weighted by Crippen LogP contribution is 2.48. The second kappa shape index (κ2) is 7.46. The Labute approximate surface area is 177 Å². The van der Waals surface area contributed by atoms with Gasteiger partial charge in [0.1, 0.15) is 0 Å². The molecule has 1 heterocycles. The Morgan fingerprint density at radius 3 is 2.28 bits per heavy atom. The summed E-state index contributed by atoms with van der Waals surface area (Å²) in [7, 11) is 0. The van der Waals surface area contributed by atoms with Crippen LogP contribution >= 0.6 is 11.6 Å². The van der Waals surface area contributed by atoms with E-state index < -0.39 is 0 Å². The Bertz CT molecular complexity index is 986. The van der Waals surface area contributed by atoms with Crippen LogP contribution in [0.25, 0.3) is 0 Å². The molecule has 1 atom stereocenters. The number of anilines is 1. The minimum Gasteiger partial charge on any atom is -0.294 e.